The van der Waals surface area contributed by atoms with E-state index in [4.69, 9.17) is 16.3 Å². The van der Waals surface area contributed by atoms with E-state index in [0.29, 0.717) is 10.6 Å². The maximum absolute atomic E-state index is 14.5. The lowest BCUT2D eigenvalue weighted by atomic mass is 9.60. The number of hydrogen-bond donors (Lipinski definition) is 0. The van der Waals surface area contributed by atoms with Crippen molar-refractivity contribution in [2.24, 2.45) is 5.41 Å². The van der Waals surface area contributed by atoms with Crippen molar-refractivity contribution >= 4 is 34.7 Å². The number of carbonyl (C=O) groups is 4. The Bertz CT molecular complexity index is 1670. The van der Waals surface area contributed by atoms with E-state index < -0.39 is 52.0 Å². The first kappa shape index (κ1) is 23.8. The second-order valence-corrected chi connectivity index (χ2v) is 10.5. The third-order valence-electron chi connectivity index (χ3n) is 8.21. The average molecular weight is 537 g/mol. The summed E-state index contributed by atoms with van der Waals surface area (Å²) >= 11 is 6.15. The van der Waals surface area contributed by atoms with E-state index in [0.717, 1.165) is 0 Å². The largest absolute Gasteiger partial charge is 0.348 e. The number of hydrogen-bond acceptors (Lipinski definition) is 5. The predicted octanol–water partition coefficient (Wildman–Crippen LogP) is 6.22. The summed E-state index contributed by atoms with van der Waals surface area (Å²) < 4.78 is 20.7. The highest BCUT2D eigenvalue weighted by atomic mass is 35.5. The molecule has 0 radical (unpaired) electrons. The van der Waals surface area contributed by atoms with Gasteiger partial charge in [0.1, 0.15) is 17.3 Å². The van der Waals surface area contributed by atoms with Gasteiger partial charge in [0.25, 0.3) is 0 Å². The molecule has 0 N–H and O–H groups in total. The lowest BCUT2D eigenvalue weighted by molar-refractivity contribution is -0.0210. The van der Waals surface area contributed by atoms with Crippen molar-refractivity contribution in [3.05, 3.63) is 141 Å². The molecular formula is C32H18ClFO5. The minimum atomic E-state index is -2.22. The van der Waals surface area contributed by atoms with Gasteiger partial charge in [-0.1, -0.05) is 84.4 Å². The summed E-state index contributed by atoms with van der Waals surface area (Å²) in [5, 5.41) is 0.420. The van der Waals surface area contributed by atoms with Crippen molar-refractivity contribution in [2.75, 3.05) is 0 Å². The molecule has 2 aliphatic carbocycles. The molecule has 39 heavy (non-hydrogen) atoms. The van der Waals surface area contributed by atoms with Crippen molar-refractivity contribution in [3.8, 4) is 0 Å². The minimum Gasteiger partial charge on any atom is -0.348 e. The number of ether oxygens (including phenoxy) is 1. The topological polar surface area (TPSA) is 77.5 Å². The van der Waals surface area contributed by atoms with Crippen molar-refractivity contribution in [2.45, 2.75) is 17.6 Å². The van der Waals surface area contributed by atoms with Crippen LogP contribution in [0.25, 0.3) is 0 Å². The first-order valence-corrected chi connectivity index (χ1v) is 12.8. The maximum Gasteiger partial charge on any atom is 0.204 e. The lowest BCUT2D eigenvalue weighted by Crippen LogP contribution is -2.51. The van der Waals surface area contributed by atoms with Gasteiger partial charge in [0.15, 0.2) is 11.6 Å². The first-order valence-electron chi connectivity index (χ1n) is 12.4. The number of carbonyl (C=O) groups excluding carboxylic acids is 4. The molecule has 5 nitrogen and oxygen atoms in total. The molecule has 4 aromatic carbocycles. The molecule has 1 fully saturated rings. The van der Waals surface area contributed by atoms with Gasteiger partial charge < -0.3 is 4.74 Å². The molecule has 2 atom stereocenters. The molecule has 0 bridgehead atoms. The highest BCUT2D eigenvalue weighted by Gasteiger charge is 2.79. The number of Topliss-reactive ketones (excluding diaryl/α,β-unsaturated/α-hetero) is 4. The Balaban J connectivity index is 1.59. The fraction of sp³-hybridized carbons (Fsp3) is 0.125. The zero-order valence-electron chi connectivity index (χ0n) is 20.2. The molecule has 3 aliphatic rings. The first-order chi connectivity index (χ1) is 18.8. The lowest BCUT2D eigenvalue weighted by Gasteiger charge is -2.34. The SMILES string of the molecule is O=C1c2ccccc2C(=O)C12O[C@H](c1ccc(Cl)cc1)C1(C(=O)c3ccccc3C1=O)[C@H]2c1ccc(F)cc1. The van der Waals surface area contributed by atoms with Gasteiger partial charge in [-0.05, 0) is 35.4 Å². The normalized spacial score (nSPS) is 22.1. The van der Waals surface area contributed by atoms with E-state index in [9.17, 15) is 23.6 Å². The van der Waals surface area contributed by atoms with Crippen LogP contribution in [0.4, 0.5) is 4.39 Å². The van der Waals surface area contributed by atoms with E-state index in [2.05, 4.69) is 0 Å². The van der Waals surface area contributed by atoms with Crippen LogP contribution in [0.15, 0.2) is 97.1 Å². The molecule has 0 aromatic heterocycles. The summed E-state index contributed by atoms with van der Waals surface area (Å²) in [7, 11) is 0. The Morgan fingerprint density at radius 3 is 1.51 bits per heavy atom. The third kappa shape index (κ3) is 2.87. The fourth-order valence-corrected chi connectivity index (χ4v) is 6.75. The van der Waals surface area contributed by atoms with Gasteiger partial charge in [-0.25, -0.2) is 4.39 Å². The van der Waals surface area contributed by atoms with Crippen LogP contribution in [-0.2, 0) is 4.74 Å². The summed E-state index contributed by atoms with van der Waals surface area (Å²) in [5.74, 6) is -4.29. The van der Waals surface area contributed by atoms with Gasteiger partial charge in [0, 0.05) is 27.3 Å². The van der Waals surface area contributed by atoms with Crippen LogP contribution in [-0.4, -0.2) is 28.7 Å². The van der Waals surface area contributed by atoms with Crippen LogP contribution >= 0.6 is 11.6 Å². The van der Waals surface area contributed by atoms with Gasteiger partial charge in [0.05, 0.1) is 5.92 Å². The molecule has 7 rings (SSSR count). The van der Waals surface area contributed by atoms with Crippen molar-refractivity contribution < 1.29 is 28.3 Å². The van der Waals surface area contributed by atoms with Crippen LogP contribution in [0, 0.1) is 11.2 Å². The molecule has 7 heteroatoms. The van der Waals surface area contributed by atoms with Crippen molar-refractivity contribution in [1.82, 2.24) is 0 Å². The van der Waals surface area contributed by atoms with E-state index in [1.807, 2.05) is 0 Å². The summed E-state index contributed by atoms with van der Waals surface area (Å²) in [6, 6.07) is 24.4. The number of ketones is 4. The third-order valence-corrected chi connectivity index (χ3v) is 8.47. The predicted molar refractivity (Wildman–Crippen MR) is 140 cm³/mol. The van der Waals surface area contributed by atoms with Crippen LogP contribution in [0.2, 0.25) is 5.02 Å². The van der Waals surface area contributed by atoms with Gasteiger partial charge in [0.2, 0.25) is 17.2 Å². The van der Waals surface area contributed by atoms with Crippen molar-refractivity contribution in [3.63, 3.8) is 0 Å². The number of benzene rings is 4. The second-order valence-electron chi connectivity index (χ2n) is 10.0. The van der Waals surface area contributed by atoms with Gasteiger partial charge in [-0.3, -0.25) is 19.2 Å². The molecule has 1 aliphatic heterocycles. The van der Waals surface area contributed by atoms with Crippen molar-refractivity contribution in [1.29, 1.82) is 0 Å². The van der Waals surface area contributed by atoms with Gasteiger partial charge >= 0.3 is 0 Å². The van der Waals surface area contributed by atoms with E-state index in [1.165, 1.54) is 36.4 Å². The number of rotatable bonds is 2. The molecule has 0 saturated carbocycles. The second kappa shape index (κ2) is 8.12. The van der Waals surface area contributed by atoms with Crippen LogP contribution in [0.3, 0.4) is 0 Å². The standard InChI is InChI=1S/C32H18ClFO5/c33-19-13-9-18(10-14-19)30-31(26(35)21-5-1-2-6-22(21)27(31)36)25(17-11-15-20(34)16-12-17)32(39-30)28(37)23-7-3-4-8-24(23)29(32)38/h1-16,25,30H/t25-,30-/m1/s1. The molecule has 4 aromatic rings. The molecular weight excluding hydrogens is 519 g/mol. The van der Waals surface area contributed by atoms with Crippen LogP contribution in [0.5, 0.6) is 0 Å². The van der Waals surface area contributed by atoms with E-state index in [-0.39, 0.29) is 27.8 Å². The van der Waals surface area contributed by atoms with Crippen LogP contribution in [0.1, 0.15) is 64.6 Å². The van der Waals surface area contributed by atoms with Gasteiger partial charge in [-0.2, -0.15) is 0 Å². The fourth-order valence-electron chi connectivity index (χ4n) is 6.62. The Morgan fingerprint density at radius 2 is 1.03 bits per heavy atom. The average Bonchev–Trinajstić information content (AvgIpc) is 3.48. The van der Waals surface area contributed by atoms with E-state index in [1.54, 1.807) is 60.7 Å². The molecule has 2 spiro atoms. The Morgan fingerprint density at radius 1 is 0.590 bits per heavy atom. The minimum absolute atomic E-state index is 0.150. The Hall–Kier alpha value is -4.26. The number of halogens is 2. The molecule has 1 saturated heterocycles. The number of fused-ring (bicyclic) bond motifs is 2. The molecule has 1 heterocycles. The summed E-state index contributed by atoms with van der Waals surface area (Å²) in [6.45, 7) is 0. The smallest absolute Gasteiger partial charge is 0.204 e. The maximum atomic E-state index is 14.5. The Kier molecular flexibility index (Phi) is 4.96. The summed E-state index contributed by atoms with van der Waals surface area (Å²) in [4.78, 5) is 57.6. The molecule has 190 valence electrons. The van der Waals surface area contributed by atoms with Crippen LogP contribution < -0.4 is 0 Å². The zero-order chi connectivity index (χ0) is 27.1. The Labute approximate surface area is 227 Å². The molecule has 0 unspecified atom stereocenters. The monoisotopic (exact) mass is 536 g/mol. The zero-order valence-corrected chi connectivity index (χ0v) is 20.9. The quantitative estimate of drug-likeness (QED) is 0.284. The van der Waals surface area contributed by atoms with E-state index >= 15 is 0 Å². The summed E-state index contributed by atoms with van der Waals surface area (Å²) in [5.41, 5.74) is -2.88. The summed E-state index contributed by atoms with van der Waals surface area (Å²) in [6.07, 6.45) is -1.31. The van der Waals surface area contributed by atoms with Gasteiger partial charge in [-0.15, -0.1) is 0 Å². The highest BCUT2D eigenvalue weighted by Crippen LogP contribution is 2.67. The highest BCUT2D eigenvalue weighted by molar-refractivity contribution is 6.37. The molecule has 0 amide bonds.